The van der Waals surface area contributed by atoms with E-state index in [1.807, 2.05) is 13.0 Å². The normalized spacial score (nSPS) is 20.6. The van der Waals surface area contributed by atoms with E-state index in [2.05, 4.69) is 49.5 Å². The Morgan fingerprint density at radius 2 is 1.67 bits per heavy atom. The largest absolute Gasteiger partial charge is 0.389 e. The minimum Gasteiger partial charge on any atom is -0.389 e. The number of allylic oxidation sites excluding steroid dienone is 1. The molecule has 2 atom stereocenters. The SMILES string of the molecule is CC(O)/C=C/C(C1CCCCC1)[Si](C)(C)c1ccccc1. The van der Waals surface area contributed by atoms with E-state index in [9.17, 15) is 5.11 Å². The molecule has 116 valence electrons. The molecule has 0 bridgehead atoms. The molecule has 2 rings (SSSR count). The Bertz CT molecular complexity index is 444. The first-order valence-corrected chi connectivity index (χ1v) is 11.5. The Hall–Kier alpha value is -0.863. The topological polar surface area (TPSA) is 20.2 Å². The molecule has 2 heteroatoms. The third kappa shape index (κ3) is 4.30. The van der Waals surface area contributed by atoms with Crippen molar-refractivity contribution >= 4 is 13.3 Å². The van der Waals surface area contributed by atoms with Gasteiger partial charge in [0.05, 0.1) is 14.2 Å². The zero-order valence-electron chi connectivity index (χ0n) is 13.8. The summed E-state index contributed by atoms with van der Waals surface area (Å²) in [6.07, 6.45) is 10.9. The van der Waals surface area contributed by atoms with Crippen LogP contribution in [0.4, 0.5) is 0 Å². The average Bonchev–Trinajstić information content (AvgIpc) is 2.49. The van der Waals surface area contributed by atoms with Gasteiger partial charge >= 0.3 is 0 Å². The number of hydrogen-bond donors (Lipinski definition) is 1. The number of benzene rings is 1. The van der Waals surface area contributed by atoms with Gasteiger partial charge in [0.2, 0.25) is 0 Å². The van der Waals surface area contributed by atoms with Crippen molar-refractivity contribution in [3.63, 3.8) is 0 Å². The van der Waals surface area contributed by atoms with Gasteiger partial charge in [0, 0.05) is 0 Å². The molecule has 1 fully saturated rings. The lowest BCUT2D eigenvalue weighted by Crippen LogP contribution is -2.48. The van der Waals surface area contributed by atoms with Crippen LogP contribution in [-0.4, -0.2) is 19.3 Å². The van der Waals surface area contributed by atoms with Crippen molar-refractivity contribution < 1.29 is 5.11 Å². The summed E-state index contributed by atoms with van der Waals surface area (Å²) in [7, 11) is -1.56. The third-order valence-corrected chi connectivity index (χ3v) is 9.26. The van der Waals surface area contributed by atoms with Crippen LogP contribution in [0.15, 0.2) is 42.5 Å². The molecule has 1 N–H and O–H groups in total. The van der Waals surface area contributed by atoms with Gasteiger partial charge in [-0.25, -0.2) is 0 Å². The fourth-order valence-electron chi connectivity index (χ4n) is 3.82. The first kappa shape index (κ1) is 16.5. The summed E-state index contributed by atoms with van der Waals surface area (Å²) >= 11 is 0. The van der Waals surface area contributed by atoms with Crippen molar-refractivity contribution in [2.75, 3.05) is 0 Å². The van der Waals surface area contributed by atoms with Crippen LogP contribution in [-0.2, 0) is 0 Å². The molecule has 0 radical (unpaired) electrons. The maximum absolute atomic E-state index is 9.66. The minimum atomic E-state index is -1.56. The van der Waals surface area contributed by atoms with Crippen LogP contribution >= 0.6 is 0 Å². The molecule has 2 unspecified atom stereocenters. The van der Waals surface area contributed by atoms with E-state index < -0.39 is 8.07 Å². The van der Waals surface area contributed by atoms with Crippen LogP contribution < -0.4 is 5.19 Å². The van der Waals surface area contributed by atoms with E-state index in [0.29, 0.717) is 5.54 Å². The second-order valence-electron chi connectivity index (χ2n) is 7.14. The lowest BCUT2D eigenvalue weighted by molar-refractivity contribution is 0.243. The molecule has 0 spiro atoms. The van der Waals surface area contributed by atoms with Crippen LogP contribution in [0.2, 0.25) is 18.6 Å². The molecule has 0 aromatic heterocycles. The highest BCUT2D eigenvalue weighted by Crippen LogP contribution is 2.40. The van der Waals surface area contributed by atoms with Crippen molar-refractivity contribution in [3.8, 4) is 0 Å². The van der Waals surface area contributed by atoms with E-state index in [1.165, 1.54) is 37.3 Å². The number of aliphatic hydroxyl groups is 1. The van der Waals surface area contributed by atoms with Crippen LogP contribution in [0.3, 0.4) is 0 Å². The van der Waals surface area contributed by atoms with Gasteiger partial charge in [0.15, 0.2) is 0 Å². The summed E-state index contributed by atoms with van der Waals surface area (Å²) in [5.41, 5.74) is 0.634. The van der Waals surface area contributed by atoms with Crippen molar-refractivity contribution in [2.45, 2.75) is 63.8 Å². The minimum absolute atomic E-state index is 0.336. The Kier molecular flexibility index (Phi) is 5.83. The van der Waals surface area contributed by atoms with E-state index in [-0.39, 0.29) is 6.10 Å². The fraction of sp³-hybridized carbons (Fsp3) is 0.579. The lowest BCUT2D eigenvalue weighted by atomic mass is 9.86. The summed E-state index contributed by atoms with van der Waals surface area (Å²) in [6.45, 7) is 6.84. The van der Waals surface area contributed by atoms with E-state index in [1.54, 1.807) is 0 Å². The van der Waals surface area contributed by atoms with Gasteiger partial charge in [0.25, 0.3) is 0 Å². The molecule has 1 aliphatic carbocycles. The second kappa shape index (κ2) is 7.41. The van der Waals surface area contributed by atoms with Gasteiger partial charge in [-0.2, -0.15) is 0 Å². The highest BCUT2D eigenvalue weighted by atomic mass is 28.3. The molecule has 1 aliphatic rings. The average molecular weight is 303 g/mol. The summed E-state index contributed by atoms with van der Waals surface area (Å²) < 4.78 is 0. The van der Waals surface area contributed by atoms with Gasteiger partial charge in [-0.15, -0.1) is 0 Å². The molecular formula is C19H30OSi. The molecule has 1 aromatic carbocycles. The molecule has 21 heavy (non-hydrogen) atoms. The summed E-state index contributed by atoms with van der Waals surface area (Å²) in [6, 6.07) is 11.0. The first-order chi connectivity index (χ1) is 10.0. The number of rotatable bonds is 5. The second-order valence-corrected chi connectivity index (χ2v) is 11.8. The van der Waals surface area contributed by atoms with Crippen molar-refractivity contribution in [1.29, 1.82) is 0 Å². The van der Waals surface area contributed by atoms with Crippen LogP contribution in [0.25, 0.3) is 0 Å². The van der Waals surface area contributed by atoms with Gasteiger partial charge in [0.1, 0.15) is 0 Å². The molecule has 0 amide bonds. The molecule has 1 aromatic rings. The predicted octanol–water partition coefficient (Wildman–Crippen LogP) is 4.49. The molecule has 0 heterocycles. The maximum atomic E-state index is 9.66. The van der Waals surface area contributed by atoms with Crippen molar-refractivity contribution in [2.24, 2.45) is 5.92 Å². The maximum Gasteiger partial charge on any atom is 0.0876 e. The molecule has 1 nitrogen and oxygen atoms in total. The van der Waals surface area contributed by atoms with Crippen LogP contribution in [0.1, 0.15) is 39.0 Å². The predicted molar refractivity (Wildman–Crippen MR) is 94.7 cm³/mol. The third-order valence-electron chi connectivity index (χ3n) is 5.11. The zero-order chi connectivity index (χ0) is 15.3. The van der Waals surface area contributed by atoms with Gasteiger partial charge < -0.3 is 5.11 Å². The zero-order valence-corrected chi connectivity index (χ0v) is 14.8. The molecular weight excluding hydrogens is 272 g/mol. The molecule has 1 saturated carbocycles. The van der Waals surface area contributed by atoms with Gasteiger partial charge in [-0.05, 0) is 18.4 Å². The Morgan fingerprint density at radius 3 is 2.24 bits per heavy atom. The van der Waals surface area contributed by atoms with Gasteiger partial charge in [-0.3, -0.25) is 0 Å². The number of hydrogen-bond acceptors (Lipinski definition) is 1. The summed E-state index contributed by atoms with van der Waals surface area (Å²) in [5, 5.41) is 11.2. The van der Waals surface area contributed by atoms with Crippen LogP contribution in [0, 0.1) is 5.92 Å². The van der Waals surface area contributed by atoms with Crippen molar-refractivity contribution in [3.05, 3.63) is 42.5 Å². The summed E-state index contributed by atoms with van der Waals surface area (Å²) in [4.78, 5) is 0. The first-order valence-electron chi connectivity index (χ1n) is 8.43. The lowest BCUT2D eigenvalue weighted by Gasteiger charge is -2.39. The highest BCUT2D eigenvalue weighted by Gasteiger charge is 2.37. The van der Waals surface area contributed by atoms with Crippen LogP contribution in [0.5, 0.6) is 0 Å². The highest BCUT2D eigenvalue weighted by molar-refractivity contribution is 6.91. The smallest absolute Gasteiger partial charge is 0.0876 e. The van der Waals surface area contributed by atoms with E-state index >= 15 is 0 Å². The molecule has 0 aliphatic heterocycles. The van der Waals surface area contributed by atoms with Gasteiger partial charge in [-0.1, -0.05) is 92.9 Å². The Morgan fingerprint density at radius 1 is 1.05 bits per heavy atom. The number of aliphatic hydroxyl groups excluding tert-OH is 1. The molecule has 0 saturated heterocycles. The monoisotopic (exact) mass is 302 g/mol. The standard InChI is InChI=1S/C19H30OSi/c1-16(20)14-15-19(17-10-6-4-7-11-17)21(2,3)18-12-8-5-9-13-18/h5,8-9,12-17,19-20H,4,6-7,10-11H2,1-3H3/b15-14+. The van der Waals surface area contributed by atoms with E-state index in [0.717, 1.165) is 5.92 Å². The summed E-state index contributed by atoms with van der Waals surface area (Å²) in [5.74, 6) is 0.802. The van der Waals surface area contributed by atoms with Crippen molar-refractivity contribution in [1.82, 2.24) is 0 Å². The van der Waals surface area contributed by atoms with E-state index in [4.69, 9.17) is 0 Å². The quantitative estimate of drug-likeness (QED) is 0.627. The Labute approximate surface area is 131 Å². The Balaban J connectivity index is 2.28. The fourth-order valence-corrected chi connectivity index (χ4v) is 7.36.